The number of aliphatic imine (C=N–C) groups is 1. The molecule has 10 heteroatoms. The highest BCUT2D eigenvalue weighted by atomic mass is 79.9. The zero-order valence-electron chi connectivity index (χ0n) is 15.8. The lowest BCUT2D eigenvalue weighted by Crippen LogP contribution is -2.06. The van der Waals surface area contributed by atoms with Crippen LogP contribution in [0.3, 0.4) is 0 Å². The lowest BCUT2D eigenvalue weighted by molar-refractivity contribution is -0.385. The molecule has 0 spiro atoms. The molecule has 3 aromatic rings. The molecule has 0 saturated carbocycles. The van der Waals surface area contributed by atoms with Gasteiger partial charge in [0.1, 0.15) is 5.75 Å². The van der Waals surface area contributed by atoms with Crippen molar-refractivity contribution in [1.82, 2.24) is 0 Å². The summed E-state index contributed by atoms with van der Waals surface area (Å²) in [5.74, 6) is -0.117. The van der Waals surface area contributed by atoms with Crippen LogP contribution in [0, 0.1) is 17.0 Å². The number of rotatable bonds is 5. The van der Waals surface area contributed by atoms with Crippen LogP contribution in [0.2, 0.25) is 5.02 Å². The summed E-state index contributed by atoms with van der Waals surface area (Å²) in [7, 11) is 0. The van der Waals surface area contributed by atoms with E-state index in [9.17, 15) is 23.3 Å². The molecule has 0 aliphatic rings. The van der Waals surface area contributed by atoms with E-state index in [1.165, 1.54) is 6.07 Å². The van der Waals surface area contributed by atoms with E-state index in [1.54, 1.807) is 30.5 Å². The number of nitrogens with zero attached hydrogens (tertiary/aromatic N) is 2. The minimum absolute atomic E-state index is 0.193. The quantitative estimate of drug-likeness (QED) is 0.198. The summed E-state index contributed by atoms with van der Waals surface area (Å²) in [5.41, 5.74) is 0.302. The molecule has 0 amide bonds. The third-order valence-corrected chi connectivity index (χ3v) is 5.28. The van der Waals surface area contributed by atoms with Gasteiger partial charge in [-0.05, 0) is 76.4 Å². The first-order chi connectivity index (χ1) is 14.6. The molecule has 0 fully saturated rings. The Bertz CT molecular complexity index is 1180. The number of nitro groups is 1. The van der Waals surface area contributed by atoms with Crippen LogP contribution in [-0.4, -0.2) is 11.1 Å². The SMILES string of the molecule is Cc1c(Cl)cccc1N=Cc1ccc(Oc2ccc(C(F)(F)F)cc2[N+](=O)[O-])c(Br)c1. The Balaban J connectivity index is 1.86. The molecule has 0 unspecified atom stereocenters. The highest BCUT2D eigenvalue weighted by molar-refractivity contribution is 9.10. The Morgan fingerprint density at radius 2 is 1.84 bits per heavy atom. The van der Waals surface area contributed by atoms with Crippen LogP contribution < -0.4 is 4.74 Å². The second-order valence-electron chi connectivity index (χ2n) is 6.37. The first-order valence-electron chi connectivity index (χ1n) is 8.68. The molecule has 0 aromatic heterocycles. The summed E-state index contributed by atoms with van der Waals surface area (Å²) in [6.45, 7) is 1.85. The summed E-state index contributed by atoms with van der Waals surface area (Å²) in [6.07, 6.45) is -3.10. The molecule has 0 radical (unpaired) electrons. The Labute approximate surface area is 188 Å². The molecule has 0 heterocycles. The fourth-order valence-corrected chi connectivity index (χ4v) is 3.25. The molecule has 0 bridgehead atoms. The van der Waals surface area contributed by atoms with E-state index in [-0.39, 0.29) is 11.5 Å². The average molecular weight is 514 g/mol. The fourth-order valence-electron chi connectivity index (χ4n) is 2.60. The van der Waals surface area contributed by atoms with Crippen molar-refractivity contribution in [2.75, 3.05) is 0 Å². The van der Waals surface area contributed by atoms with Crippen molar-refractivity contribution < 1.29 is 22.8 Å². The highest BCUT2D eigenvalue weighted by Crippen LogP contribution is 2.39. The number of hydrogen-bond donors (Lipinski definition) is 0. The van der Waals surface area contributed by atoms with Crippen molar-refractivity contribution in [2.24, 2.45) is 4.99 Å². The zero-order valence-corrected chi connectivity index (χ0v) is 18.1. The van der Waals surface area contributed by atoms with Gasteiger partial charge in [-0.2, -0.15) is 13.2 Å². The smallest absolute Gasteiger partial charge is 0.416 e. The summed E-state index contributed by atoms with van der Waals surface area (Å²) in [6, 6.07) is 12.3. The molecule has 0 aliphatic carbocycles. The molecular formula is C21H13BrClF3N2O3. The summed E-state index contributed by atoms with van der Waals surface area (Å²) >= 11 is 9.39. The van der Waals surface area contributed by atoms with Gasteiger partial charge in [0.2, 0.25) is 5.75 Å². The van der Waals surface area contributed by atoms with Crippen LogP contribution >= 0.6 is 27.5 Å². The number of alkyl halides is 3. The van der Waals surface area contributed by atoms with Crippen LogP contribution in [0.5, 0.6) is 11.5 Å². The van der Waals surface area contributed by atoms with Crippen molar-refractivity contribution in [2.45, 2.75) is 13.1 Å². The van der Waals surface area contributed by atoms with Crippen LogP contribution in [-0.2, 0) is 6.18 Å². The monoisotopic (exact) mass is 512 g/mol. The van der Waals surface area contributed by atoms with Gasteiger partial charge < -0.3 is 4.74 Å². The second-order valence-corrected chi connectivity index (χ2v) is 7.63. The van der Waals surface area contributed by atoms with Crippen molar-refractivity contribution >= 4 is 45.1 Å². The van der Waals surface area contributed by atoms with Crippen LogP contribution in [0.25, 0.3) is 0 Å². The highest BCUT2D eigenvalue weighted by Gasteiger charge is 2.33. The maximum Gasteiger partial charge on any atom is 0.416 e. The minimum Gasteiger partial charge on any atom is -0.449 e. The lowest BCUT2D eigenvalue weighted by Gasteiger charge is -2.11. The van der Waals surface area contributed by atoms with E-state index in [1.807, 2.05) is 13.0 Å². The molecule has 0 saturated heterocycles. The largest absolute Gasteiger partial charge is 0.449 e. The number of ether oxygens (including phenoxy) is 1. The van der Waals surface area contributed by atoms with Gasteiger partial charge in [-0.3, -0.25) is 15.1 Å². The molecule has 0 aliphatic heterocycles. The van der Waals surface area contributed by atoms with E-state index < -0.39 is 22.4 Å². The predicted molar refractivity (Wildman–Crippen MR) is 116 cm³/mol. The van der Waals surface area contributed by atoms with E-state index in [0.717, 1.165) is 17.7 Å². The molecule has 0 N–H and O–H groups in total. The maximum absolute atomic E-state index is 12.9. The fraction of sp³-hybridized carbons (Fsp3) is 0.0952. The van der Waals surface area contributed by atoms with Gasteiger partial charge in [0.25, 0.3) is 0 Å². The predicted octanol–water partition coefficient (Wildman–Crippen LogP) is 7.88. The number of halogens is 5. The third-order valence-electron chi connectivity index (χ3n) is 4.25. The third kappa shape index (κ3) is 5.42. The standard InChI is InChI=1S/C21H13BrClF3N2O3/c1-12-16(23)3-2-4-17(12)27-11-13-5-7-19(15(22)9-13)31-20-8-6-14(21(24,25)26)10-18(20)28(29)30/h2-11H,1H3. The minimum atomic E-state index is -4.70. The molecule has 3 rings (SSSR count). The molecular weight excluding hydrogens is 501 g/mol. The summed E-state index contributed by atoms with van der Waals surface area (Å²) in [4.78, 5) is 14.7. The summed E-state index contributed by atoms with van der Waals surface area (Å²) < 4.78 is 44.5. The van der Waals surface area contributed by atoms with Gasteiger partial charge >= 0.3 is 11.9 Å². The first kappa shape index (κ1) is 22.8. The van der Waals surface area contributed by atoms with Gasteiger partial charge in [0, 0.05) is 17.3 Å². The van der Waals surface area contributed by atoms with Gasteiger partial charge in [0.15, 0.2) is 0 Å². The van der Waals surface area contributed by atoms with E-state index in [0.29, 0.717) is 26.8 Å². The van der Waals surface area contributed by atoms with Gasteiger partial charge in [-0.15, -0.1) is 0 Å². The van der Waals surface area contributed by atoms with Crippen LogP contribution in [0.1, 0.15) is 16.7 Å². The molecule has 3 aromatic carbocycles. The molecule has 31 heavy (non-hydrogen) atoms. The molecule has 160 valence electrons. The average Bonchev–Trinajstić information content (AvgIpc) is 2.70. The Hall–Kier alpha value is -2.91. The Kier molecular flexibility index (Phi) is 6.66. The number of benzene rings is 3. The van der Waals surface area contributed by atoms with Crippen LogP contribution in [0.4, 0.5) is 24.5 Å². The second kappa shape index (κ2) is 9.07. The normalized spacial score (nSPS) is 11.7. The number of hydrogen-bond acceptors (Lipinski definition) is 4. The van der Waals surface area contributed by atoms with Gasteiger partial charge in [-0.25, -0.2) is 0 Å². The van der Waals surface area contributed by atoms with Crippen molar-refractivity contribution in [3.8, 4) is 11.5 Å². The van der Waals surface area contributed by atoms with Crippen molar-refractivity contribution in [3.63, 3.8) is 0 Å². The molecule has 5 nitrogen and oxygen atoms in total. The van der Waals surface area contributed by atoms with Gasteiger partial charge in [-0.1, -0.05) is 17.7 Å². The van der Waals surface area contributed by atoms with Crippen molar-refractivity contribution in [1.29, 1.82) is 0 Å². The zero-order chi connectivity index (χ0) is 22.8. The van der Waals surface area contributed by atoms with Gasteiger partial charge in [0.05, 0.1) is 20.6 Å². The Morgan fingerprint density at radius 3 is 2.48 bits per heavy atom. The number of nitro benzene ring substituents is 1. The Morgan fingerprint density at radius 1 is 1.13 bits per heavy atom. The van der Waals surface area contributed by atoms with Crippen LogP contribution in [0.15, 0.2) is 64.1 Å². The topological polar surface area (TPSA) is 64.7 Å². The van der Waals surface area contributed by atoms with E-state index in [2.05, 4.69) is 20.9 Å². The van der Waals surface area contributed by atoms with E-state index in [4.69, 9.17) is 16.3 Å². The van der Waals surface area contributed by atoms with E-state index >= 15 is 0 Å². The maximum atomic E-state index is 12.9. The lowest BCUT2D eigenvalue weighted by atomic mass is 10.1. The summed E-state index contributed by atoms with van der Waals surface area (Å²) in [5, 5.41) is 11.8. The first-order valence-corrected chi connectivity index (χ1v) is 9.85. The van der Waals surface area contributed by atoms with Crippen molar-refractivity contribution in [3.05, 3.63) is 90.9 Å². The molecule has 0 atom stereocenters.